The third-order valence-corrected chi connectivity index (χ3v) is 7.40. The highest BCUT2D eigenvalue weighted by molar-refractivity contribution is 7.89. The molecule has 2 atom stereocenters. The molecule has 0 spiro atoms. The molecule has 26 heavy (non-hydrogen) atoms. The number of carbonyl (C=O) groups is 1. The van der Waals surface area contributed by atoms with E-state index < -0.39 is 10.0 Å². The lowest BCUT2D eigenvalue weighted by molar-refractivity contribution is -0.136. The molecule has 140 valence electrons. The smallest absolute Gasteiger partial charge is 0.333 e. The van der Waals surface area contributed by atoms with Crippen LogP contribution in [0.3, 0.4) is 0 Å². The molecule has 0 N–H and O–H groups in total. The normalized spacial score (nSPS) is 26.8. The molecule has 1 saturated heterocycles. The number of aryl methyl sites for hydroxylation is 1. The predicted octanol–water partition coefficient (Wildman–Crippen LogP) is 3.07. The van der Waals surface area contributed by atoms with Gasteiger partial charge in [0.2, 0.25) is 10.0 Å². The van der Waals surface area contributed by atoms with Crippen LogP contribution in [0.2, 0.25) is 0 Å². The van der Waals surface area contributed by atoms with E-state index >= 15 is 0 Å². The van der Waals surface area contributed by atoms with Gasteiger partial charge < -0.3 is 4.74 Å². The summed E-state index contributed by atoms with van der Waals surface area (Å²) in [6.45, 7) is 8.89. The van der Waals surface area contributed by atoms with Gasteiger partial charge in [0.05, 0.1) is 12.0 Å². The first kappa shape index (κ1) is 18.9. The first-order valence-electron chi connectivity index (χ1n) is 8.69. The number of rotatable bonds is 3. The Kier molecular flexibility index (Phi) is 4.84. The van der Waals surface area contributed by atoms with Crippen LogP contribution in [-0.4, -0.2) is 38.9 Å². The van der Waals surface area contributed by atoms with Gasteiger partial charge in [0.1, 0.15) is 0 Å². The molecule has 1 aliphatic heterocycles. The number of benzene rings is 1. The van der Waals surface area contributed by atoms with Crippen molar-refractivity contribution in [2.75, 3.05) is 20.2 Å². The topological polar surface area (TPSA) is 63.7 Å². The lowest BCUT2D eigenvalue weighted by Gasteiger charge is -2.30. The van der Waals surface area contributed by atoms with Gasteiger partial charge in [0, 0.05) is 24.6 Å². The minimum atomic E-state index is -3.57. The second-order valence-corrected chi connectivity index (χ2v) is 9.52. The van der Waals surface area contributed by atoms with Gasteiger partial charge in [-0.05, 0) is 37.3 Å². The number of sulfonamides is 1. The Morgan fingerprint density at radius 2 is 1.96 bits per heavy atom. The van der Waals surface area contributed by atoms with E-state index in [1.807, 2.05) is 19.9 Å². The molecule has 6 heteroatoms. The summed E-state index contributed by atoms with van der Waals surface area (Å²) in [5, 5.41) is 0. The first-order chi connectivity index (χ1) is 12.2. The van der Waals surface area contributed by atoms with E-state index in [4.69, 9.17) is 4.74 Å². The molecule has 1 aromatic rings. The van der Waals surface area contributed by atoms with Gasteiger partial charge in [0.25, 0.3) is 0 Å². The van der Waals surface area contributed by atoms with Gasteiger partial charge in [-0.2, -0.15) is 4.31 Å². The maximum absolute atomic E-state index is 13.1. The third kappa shape index (κ3) is 3.23. The van der Waals surface area contributed by atoms with E-state index in [0.29, 0.717) is 36.4 Å². The molecule has 0 unspecified atom stereocenters. The van der Waals surface area contributed by atoms with Gasteiger partial charge in [-0.15, -0.1) is 0 Å². The van der Waals surface area contributed by atoms with Crippen LogP contribution in [0.4, 0.5) is 0 Å². The number of carbonyl (C=O) groups excluding carboxylic acids is 1. The summed E-state index contributed by atoms with van der Waals surface area (Å²) in [7, 11) is -2.21. The number of nitrogens with zero attached hydrogens (tertiary/aromatic N) is 1. The van der Waals surface area contributed by atoms with Crippen LogP contribution in [0.15, 0.2) is 53.0 Å². The van der Waals surface area contributed by atoms with E-state index in [-0.39, 0.29) is 17.3 Å². The van der Waals surface area contributed by atoms with Crippen molar-refractivity contribution in [3.05, 3.63) is 53.6 Å². The summed E-state index contributed by atoms with van der Waals surface area (Å²) < 4.78 is 32.6. The number of allylic oxidation sites excluding steroid dienone is 1. The maximum atomic E-state index is 13.1. The van der Waals surface area contributed by atoms with Crippen molar-refractivity contribution in [2.45, 2.75) is 31.6 Å². The molecule has 1 aliphatic carbocycles. The van der Waals surface area contributed by atoms with Crippen LogP contribution in [0.5, 0.6) is 0 Å². The average molecular weight is 375 g/mol. The maximum Gasteiger partial charge on any atom is 0.333 e. The zero-order valence-electron chi connectivity index (χ0n) is 15.5. The molecule has 0 saturated carbocycles. The summed E-state index contributed by atoms with van der Waals surface area (Å²) in [5.41, 5.74) is 2.22. The molecule has 0 aromatic heterocycles. The summed E-state index contributed by atoms with van der Waals surface area (Å²) >= 11 is 0. The lowest BCUT2D eigenvalue weighted by Crippen LogP contribution is -2.32. The molecule has 1 fully saturated rings. The highest BCUT2D eigenvalue weighted by atomic mass is 32.2. The molecule has 0 bridgehead atoms. The lowest BCUT2D eigenvalue weighted by atomic mass is 9.73. The standard InChI is InChI=1S/C20H25NO4S/c1-14-5-9-17(10-6-14)26(23,24)21-12-18-15(2)7-8-16(19(22)25-4)11-20(18,3)13-21/h5-6,8-10,18H,2,7,11-13H2,1,3-4H3/t18-,20-/m1/s1. The molecule has 0 amide bonds. The molecule has 1 aromatic carbocycles. The Hall–Kier alpha value is -1.92. The number of fused-ring (bicyclic) bond motifs is 1. The molecule has 0 radical (unpaired) electrons. The van der Waals surface area contributed by atoms with Gasteiger partial charge in [-0.25, -0.2) is 13.2 Å². The van der Waals surface area contributed by atoms with Crippen molar-refractivity contribution in [1.29, 1.82) is 0 Å². The molecule has 1 heterocycles. The highest BCUT2D eigenvalue weighted by Gasteiger charge is 2.49. The zero-order chi connectivity index (χ0) is 19.1. The Morgan fingerprint density at radius 3 is 2.58 bits per heavy atom. The fourth-order valence-corrected chi connectivity index (χ4v) is 5.62. The van der Waals surface area contributed by atoms with Gasteiger partial charge in [-0.1, -0.05) is 42.8 Å². The monoisotopic (exact) mass is 375 g/mol. The van der Waals surface area contributed by atoms with Crippen molar-refractivity contribution in [1.82, 2.24) is 4.31 Å². The Morgan fingerprint density at radius 1 is 1.31 bits per heavy atom. The fourth-order valence-electron chi connectivity index (χ4n) is 4.04. The van der Waals surface area contributed by atoms with Crippen molar-refractivity contribution >= 4 is 16.0 Å². The van der Waals surface area contributed by atoms with E-state index in [1.54, 1.807) is 24.3 Å². The SMILES string of the molecule is C=C1CC=C(C(=O)OC)C[C@]2(C)CN(S(=O)(=O)c3ccc(C)cc3)C[C@H]12. The van der Waals surface area contributed by atoms with Crippen LogP contribution in [0.25, 0.3) is 0 Å². The van der Waals surface area contributed by atoms with E-state index in [2.05, 4.69) is 6.58 Å². The van der Waals surface area contributed by atoms with Crippen molar-refractivity contribution in [2.24, 2.45) is 11.3 Å². The molecular weight excluding hydrogens is 350 g/mol. The summed E-state index contributed by atoms with van der Waals surface area (Å²) in [6.07, 6.45) is 2.93. The highest BCUT2D eigenvalue weighted by Crippen LogP contribution is 2.48. The minimum Gasteiger partial charge on any atom is -0.466 e. The van der Waals surface area contributed by atoms with Crippen molar-refractivity contribution in [3.63, 3.8) is 0 Å². The minimum absolute atomic E-state index is 0.0149. The van der Waals surface area contributed by atoms with Gasteiger partial charge >= 0.3 is 5.97 Å². The predicted molar refractivity (Wildman–Crippen MR) is 100 cm³/mol. The first-order valence-corrected chi connectivity index (χ1v) is 10.1. The number of methoxy groups -OCH3 is 1. The summed E-state index contributed by atoms with van der Waals surface area (Å²) in [4.78, 5) is 12.3. The van der Waals surface area contributed by atoms with Crippen molar-refractivity contribution in [3.8, 4) is 0 Å². The third-order valence-electron chi connectivity index (χ3n) is 5.57. The second-order valence-electron chi connectivity index (χ2n) is 7.58. The molecule has 5 nitrogen and oxygen atoms in total. The summed E-state index contributed by atoms with van der Waals surface area (Å²) in [6, 6.07) is 6.91. The Balaban J connectivity index is 1.92. The van der Waals surface area contributed by atoms with E-state index in [0.717, 1.165) is 11.1 Å². The fraction of sp³-hybridized carbons (Fsp3) is 0.450. The van der Waals surface area contributed by atoms with Crippen LogP contribution in [0, 0.1) is 18.3 Å². The van der Waals surface area contributed by atoms with Crippen LogP contribution < -0.4 is 0 Å². The molecule has 3 rings (SSSR count). The Bertz CT molecular complexity index is 870. The molecule has 2 aliphatic rings. The van der Waals surface area contributed by atoms with Crippen LogP contribution >= 0.6 is 0 Å². The summed E-state index contributed by atoms with van der Waals surface area (Å²) in [5.74, 6) is -0.333. The second kappa shape index (κ2) is 6.67. The van der Waals surface area contributed by atoms with Crippen LogP contribution in [-0.2, 0) is 19.6 Å². The van der Waals surface area contributed by atoms with E-state index in [1.165, 1.54) is 11.4 Å². The van der Waals surface area contributed by atoms with Crippen LogP contribution in [0.1, 0.15) is 25.3 Å². The number of esters is 1. The number of hydrogen-bond acceptors (Lipinski definition) is 4. The van der Waals surface area contributed by atoms with E-state index in [9.17, 15) is 13.2 Å². The number of hydrogen-bond donors (Lipinski definition) is 0. The molecular formula is C20H25NO4S. The Labute approximate surface area is 155 Å². The van der Waals surface area contributed by atoms with Gasteiger partial charge in [0.15, 0.2) is 0 Å². The van der Waals surface area contributed by atoms with Gasteiger partial charge in [-0.3, -0.25) is 0 Å². The largest absolute Gasteiger partial charge is 0.466 e. The number of ether oxygens (including phenoxy) is 1. The average Bonchev–Trinajstić information content (AvgIpc) is 2.90. The van der Waals surface area contributed by atoms with Crippen molar-refractivity contribution < 1.29 is 17.9 Å². The quantitative estimate of drug-likeness (QED) is 0.602. The zero-order valence-corrected chi connectivity index (χ0v) is 16.3.